The maximum absolute atomic E-state index is 12.9. The van der Waals surface area contributed by atoms with E-state index in [0.29, 0.717) is 13.1 Å². The first-order chi connectivity index (χ1) is 8.16. The molecule has 4 nitrogen and oxygen atoms in total. The lowest BCUT2D eigenvalue weighted by Gasteiger charge is -2.06. The minimum atomic E-state index is -0.242. The van der Waals surface area contributed by atoms with Crippen LogP contribution in [0.3, 0.4) is 0 Å². The van der Waals surface area contributed by atoms with Crippen LogP contribution >= 0.6 is 15.9 Å². The zero-order valence-corrected chi connectivity index (χ0v) is 10.9. The smallest absolute Gasteiger partial charge is 0.146 e. The minimum Gasteiger partial charge on any atom is -0.320 e. The van der Waals surface area contributed by atoms with E-state index >= 15 is 0 Å². The second kappa shape index (κ2) is 5.37. The Bertz CT molecular complexity index is 512. The average molecular weight is 299 g/mol. The fraction of sp³-hybridized carbons (Fsp3) is 0.273. The third-order valence-corrected chi connectivity index (χ3v) is 3.16. The maximum Gasteiger partial charge on any atom is 0.146 e. The molecule has 0 aliphatic heterocycles. The van der Waals surface area contributed by atoms with Gasteiger partial charge in [0.25, 0.3) is 0 Å². The summed E-state index contributed by atoms with van der Waals surface area (Å²) in [5.74, 6) is 0.622. The summed E-state index contributed by atoms with van der Waals surface area (Å²) in [7, 11) is 1.89. The van der Waals surface area contributed by atoms with Crippen molar-refractivity contribution in [1.82, 2.24) is 20.1 Å². The molecule has 0 aliphatic rings. The summed E-state index contributed by atoms with van der Waals surface area (Å²) in [6.45, 7) is 1.27. The van der Waals surface area contributed by atoms with E-state index in [1.54, 1.807) is 12.4 Å². The van der Waals surface area contributed by atoms with E-state index in [0.717, 1.165) is 15.9 Å². The highest BCUT2D eigenvalue weighted by Crippen LogP contribution is 2.17. The van der Waals surface area contributed by atoms with Crippen molar-refractivity contribution in [2.24, 2.45) is 7.05 Å². The Hall–Kier alpha value is -1.27. The van der Waals surface area contributed by atoms with Crippen molar-refractivity contribution in [3.05, 3.63) is 46.2 Å². The summed E-state index contributed by atoms with van der Waals surface area (Å²) < 4.78 is 15.5. The van der Waals surface area contributed by atoms with Gasteiger partial charge in [0.05, 0.1) is 6.54 Å². The van der Waals surface area contributed by atoms with Gasteiger partial charge in [0.15, 0.2) is 0 Å². The predicted octanol–water partition coefficient (Wildman–Crippen LogP) is 2.01. The van der Waals surface area contributed by atoms with Crippen LogP contribution in [-0.4, -0.2) is 14.8 Å². The number of aryl methyl sites for hydroxylation is 1. The Morgan fingerprint density at radius 1 is 1.41 bits per heavy atom. The number of benzene rings is 1. The van der Waals surface area contributed by atoms with Gasteiger partial charge in [0, 0.05) is 18.1 Å². The molecule has 6 heteroatoms. The average Bonchev–Trinajstić information content (AvgIpc) is 2.68. The molecule has 2 aromatic rings. The third kappa shape index (κ3) is 3.10. The van der Waals surface area contributed by atoms with Gasteiger partial charge in [0.2, 0.25) is 0 Å². The van der Waals surface area contributed by atoms with Crippen molar-refractivity contribution in [1.29, 1.82) is 0 Å². The number of hydrogen-bond acceptors (Lipinski definition) is 3. The molecule has 0 atom stereocenters. The van der Waals surface area contributed by atoms with Crippen molar-refractivity contribution in [3.63, 3.8) is 0 Å². The molecule has 0 unspecified atom stereocenters. The molecule has 0 amide bonds. The number of hydrogen-bond donors (Lipinski definition) is 1. The molecule has 1 aromatic heterocycles. The molecule has 0 saturated heterocycles. The maximum atomic E-state index is 12.9. The second-order valence-corrected chi connectivity index (χ2v) is 4.55. The van der Waals surface area contributed by atoms with Crippen LogP contribution in [0.2, 0.25) is 0 Å². The lowest BCUT2D eigenvalue weighted by Crippen LogP contribution is -2.16. The first-order valence-electron chi connectivity index (χ1n) is 5.14. The van der Waals surface area contributed by atoms with Crippen LogP contribution in [0.1, 0.15) is 11.4 Å². The minimum absolute atomic E-state index is 0.242. The molecule has 0 spiro atoms. The molecule has 2 rings (SSSR count). The van der Waals surface area contributed by atoms with Crippen molar-refractivity contribution in [3.8, 4) is 0 Å². The Morgan fingerprint density at radius 3 is 2.88 bits per heavy atom. The van der Waals surface area contributed by atoms with E-state index in [-0.39, 0.29) is 5.82 Å². The van der Waals surface area contributed by atoms with Gasteiger partial charge < -0.3 is 9.88 Å². The molecular weight excluding hydrogens is 287 g/mol. The standard InChI is InChI=1S/C11H12BrFN4/c1-17-7-15-16-11(17)6-14-5-8-2-3-9(13)4-10(8)12/h2-4,7,14H,5-6H2,1H3. The summed E-state index contributed by atoms with van der Waals surface area (Å²) in [4.78, 5) is 0. The molecule has 90 valence electrons. The van der Waals surface area contributed by atoms with E-state index in [9.17, 15) is 4.39 Å². The van der Waals surface area contributed by atoms with Gasteiger partial charge in [0.1, 0.15) is 18.0 Å². The van der Waals surface area contributed by atoms with Crippen LogP contribution in [0.25, 0.3) is 0 Å². The van der Waals surface area contributed by atoms with Gasteiger partial charge >= 0.3 is 0 Å². The molecule has 0 radical (unpaired) electrons. The van der Waals surface area contributed by atoms with E-state index < -0.39 is 0 Å². The molecule has 0 bridgehead atoms. The summed E-state index contributed by atoms with van der Waals surface area (Å²) in [5.41, 5.74) is 1.01. The van der Waals surface area contributed by atoms with Crippen LogP contribution < -0.4 is 5.32 Å². The number of aromatic nitrogens is 3. The molecule has 1 heterocycles. The van der Waals surface area contributed by atoms with E-state index in [1.165, 1.54) is 12.1 Å². The van der Waals surface area contributed by atoms with Gasteiger partial charge in [-0.25, -0.2) is 4.39 Å². The van der Waals surface area contributed by atoms with Gasteiger partial charge in [-0.3, -0.25) is 0 Å². The second-order valence-electron chi connectivity index (χ2n) is 3.70. The normalized spacial score (nSPS) is 10.8. The first kappa shape index (κ1) is 12.2. The lowest BCUT2D eigenvalue weighted by molar-refractivity contribution is 0.618. The predicted molar refractivity (Wildman–Crippen MR) is 65.6 cm³/mol. The largest absolute Gasteiger partial charge is 0.320 e. The Balaban J connectivity index is 1.92. The molecule has 1 N–H and O–H groups in total. The molecule has 17 heavy (non-hydrogen) atoms. The number of nitrogens with one attached hydrogen (secondary N) is 1. The zero-order chi connectivity index (χ0) is 12.3. The highest BCUT2D eigenvalue weighted by Gasteiger charge is 2.03. The van der Waals surface area contributed by atoms with Gasteiger partial charge in [-0.05, 0) is 17.7 Å². The molecule has 1 aromatic carbocycles. The van der Waals surface area contributed by atoms with E-state index in [1.807, 2.05) is 11.6 Å². The molecule has 0 saturated carbocycles. The topological polar surface area (TPSA) is 42.7 Å². The van der Waals surface area contributed by atoms with Crippen molar-refractivity contribution in [2.75, 3.05) is 0 Å². The Morgan fingerprint density at radius 2 is 2.24 bits per heavy atom. The first-order valence-corrected chi connectivity index (χ1v) is 5.93. The summed E-state index contributed by atoms with van der Waals surface area (Å²) >= 11 is 3.33. The molecule has 0 aliphatic carbocycles. The monoisotopic (exact) mass is 298 g/mol. The quantitative estimate of drug-likeness (QED) is 0.939. The number of rotatable bonds is 4. The third-order valence-electron chi connectivity index (χ3n) is 2.42. The van der Waals surface area contributed by atoms with Crippen LogP contribution in [0.5, 0.6) is 0 Å². The Labute approximate surface area is 107 Å². The highest BCUT2D eigenvalue weighted by atomic mass is 79.9. The van der Waals surface area contributed by atoms with Gasteiger partial charge in [-0.1, -0.05) is 22.0 Å². The van der Waals surface area contributed by atoms with E-state index in [4.69, 9.17) is 0 Å². The summed E-state index contributed by atoms with van der Waals surface area (Å²) in [5, 5.41) is 11.0. The summed E-state index contributed by atoms with van der Waals surface area (Å²) in [6.07, 6.45) is 1.66. The summed E-state index contributed by atoms with van der Waals surface area (Å²) in [6, 6.07) is 4.66. The highest BCUT2D eigenvalue weighted by molar-refractivity contribution is 9.10. The van der Waals surface area contributed by atoms with Crippen LogP contribution in [0, 0.1) is 5.82 Å². The van der Waals surface area contributed by atoms with Crippen molar-refractivity contribution >= 4 is 15.9 Å². The lowest BCUT2D eigenvalue weighted by atomic mass is 10.2. The van der Waals surface area contributed by atoms with Gasteiger partial charge in [-0.15, -0.1) is 10.2 Å². The van der Waals surface area contributed by atoms with Crippen molar-refractivity contribution < 1.29 is 4.39 Å². The van der Waals surface area contributed by atoms with Crippen molar-refractivity contribution in [2.45, 2.75) is 13.1 Å². The molecular formula is C11H12BrFN4. The fourth-order valence-electron chi connectivity index (χ4n) is 1.44. The van der Waals surface area contributed by atoms with Gasteiger partial charge in [-0.2, -0.15) is 0 Å². The van der Waals surface area contributed by atoms with Crippen LogP contribution in [-0.2, 0) is 20.1 Å². The SMILES string of the molecule is Cn1cnnc1CNCc1ccc(F)cc1Br. The Kier molecular flexibility index (Phi) is 3.86. The number of nitrogens with zero attached hydrogens (tertiary/aromatic N) is 3. The zero-order valence-electron chi connectivity index (χ0n) is 9.32. The fourth-order valence-corrected chi connectivity index (χ4v) is 1.93. The molecule has 0 fully saturated rings. The van der Waals surface area contributed by atoms with Crippen LogP contribution in [0.15, 0.2) is 29.0 Å². The van der Waals surface area contributed by atoms with E-state index in [2.05, 4.69) is 31.4 Å². The number of halogens is 2. The van der Waals surface area contributed by atoms with Crippen LogP contribution in [0.4, 0.5) is 4.39 Å².